The lowest BCUT2D eigenvalue weighted by atomic mass is 10.1. The summed E-state index contributed by atoms with van der Waals surface area (Å²) in [7, 11) is 0. The SMILES string of the molecule is C[C@@H](NC(=O)c1ccccc1Br)c1cccc(OC(F)F)c1. The molecule has 2 aromatic carbocycles. The van der Waals surface area contributed by atoms with Crippen molar-refractivity contribution >= 4 is 21.8 Å². The molecule has 3 nitrogen and oxygen atoms in total. The minimum Gasteiger partial charge on any atom is -0.435 e. The average molecular weight is 370 g/mol. The standard InChI is InChI=1S/C16H14BrF2NO2/c1-10(11-5-4-6-12(9-11)22-16(18)19)20-15(21)13-7-2-3-8-14(13)17/h2-10,16H,1H3,(H,20,21)/t10-/m1/s1. The van der Waals surface area contributed by atoms with Crippen LogP contribution in [0.4, 0.5) is 8.78 Å². The predicted molar refractivity (Wildman–Crippen MR) is 83.1 cm³/mol. The van der Waals surface area contributed by atoms with Gasteiger partial charge in [-0.15, -0.1) is 0 Å². The van der Waals surface area contributed by atoms with Gasteiger partial charge in [0.1, 0.15) is 5.75 Å². The minimum atomic E-state index is -2.87. The average Bonchev–Trinajstić information content (AvgIpc) is 2.47. The highest BCUT2D eigenvalue weighted by molar-refractivity contribution is 9.10. The van der Waals surface area contributed by atoms with E-state index < -0.39 is 6.61 Å². The Morgan fingerprint density at radius 3 is 2.59 bits per heavy atom. The third-order valence-corrected chi connectivity index (χ3v) is 3.74. The van der Waals surface area contributed by atoms with Crippen molar-refractivity contribution in [2.75, 3.05) is 0 Å². The van der Waals surface area contributed by atoms with Crippen molar-refractivity contribution in [3.63, 3.8) is 0 Å². The number of alkyl halides is 2. The third-order valence-electron chi connectivity index (χ3n) is 3.05. The summed E-state index contributed by atoms with van der Waals surface area (Å²) in [6.45, 7) is -1.10. The van der Waals surface area contributed by atoms with E-state index in [1.807, 2.05) is 6.07 Å². The van der Waals surface area contributed by atoms with Gasteiger partial charge in [0.2, 0.25) is 0 Å². The first-order chi connectivity index (χ1) is 10.5. The van der Waals surface area contributed by atoms with Crippen LogP contribution < -0.4 is 10.1 Å². The van der Waals surface area contributed by atoms with Crippen LogP contribution in [0.25, 0.3) is 0 Å². The highest BCUT2D eigenvalue weighted by atomic mass is 79.9. The molecule has 0 spiro atoms. The normalized spacial score (nSPS) is 12.0. The number of ether oxygens (including phenoxy) is 1. The summed E-state index contributed by atoms with van der Waals surface area (Å²) in [6, 6.07) is 13.0. The second-order valence-corrected chi connectivity index (χ2v) is 5.48. The number of halogens is 3. The first-order valence-corrected chi connectivity index (χ1v) is 7.37. The fourth-order valence-corrected chi connectivity index (χ4v) is 2.43. The number of amides is 1. The molecule has 0 bridgehead atoms. The molecule has 0 saturated heterocycles. The monoisotopic (exact) mass is 369 g/mol. The highest BCUT2D eigenvalue weighted by Gasteiger charge is 2.14. The molecule has 2 rings (SSSR count). The maximum Gasteiger partial charge on any atom is 0.387 e. The Morgan fingerprint density at radius 1 is 1.18 bits per heavy atom. The number of nitrogens with one attached hydrogen (secondary N) is 1. The van der Waals surface area contributed by atoms with Crippen LogP contribution in [0.15, 0.2) is 53.0 Å². The Morgan fingerprint density at radius 2 is 1.91 bits per heavy atom. The van der Waals surface area contributed by atoms with Crippen LogP contribution in [0.2, 0.25) is 0 Å². The van der Waals surface area contributed by atoms with Crippen molar-refractivity contribution in [2.45, 2.75) is 19.6 Å². The Hall–Kier alpha value is -1.95. The molecule has 0 unspecified atom stereocenters. The number of rotatable bonds is 5. The summed E-state index contributed by atoms with van der Waals surface area (Å²) in [4.78, 5) is 12.2. The van der Waals surface area contributed by atoms with Crippen molar-refractivity contribution in [3.8, 4) is 5.75 Å². The molecular formula is C16H14BrF2NO2. The van der Waals surface area contributed by atoms with E-state index in [2.05, 4.69) is 26.0 Å². The zero-order chi connectivity index (χ0) is 16.1. The van der Waals surface area contributed by atoms with Gasteiger partial charge in [-0.1, -0.05) is 24.3 Å². The third kappa shape index (κ3) is 4.27. The van der Waals surface area contributed by atoms with E-state index in [-0.39, 0.29) is 17.7 Å². The van der Waals surface area contributed by atoms with Crippen LogP contribution in [-0.4, -0.2) is 12.5 Å². The Bertz CT molecular complexity index is 664. The van der Waals surface area contributed by atoms with E-state index in [9.17, 15) is 13.6 Å². The van der Waals surface area contributed by atoms with Gasteiger partial charge < -0.3 is 10.1 Å². The second-order valence-electron chi connectivity index (χ2n) is 4.63. The quantitative estimate of drug-likeness (QED) is 0.839. The maximum absolute atomic E-state index is 12.2. The van der Waals surface area contributed by atoms with Crippen LogP contribution in [0.5, 0.6) is 5.75 Å². The van der Waals surface area contributed by atoms with Gasteiger partial charge in [0.05, 0.1) is 11.6 Å². The van der Waals surface area contributed by atoms with Gasteiger partial charge in [0, 0.05) is 4.47 Å². The molecule has 0 saturated carbocycles. The van der Waals surface area contributed by atoms with Crippen LogP contribution in [0.3, 0.4) is 0 Å². The fraction of sp³-hybridized carbons (Fsp3) is 0.188. The van der Waals surface area contributed by atoms with Gasteiger partial charge in [-0.05, 0) is 52.7 Å². The lowest BCUT2D eigenvalue weighted by Gasteiger charge is -2.16. The molecule has 2 aromatic rings. The summed E-state index contributed by atoms with van der Waals surface area (Å²) in [6.07, 6.45) is 0. The predicted octanol–water partition coefficient (Wildman–Crippen LogP) is 4.54. The molecule has 0 heterocycles. The fourth-order valence-electron chi connectivity index (χ4n) is 1.96. The lowest BCUT2D eigenvalue weighted by molar-refractivity contribution is -0.0499. The molecule has 0 radical (unpaired) electrons. The zero-order valence-electron chi connectivity index (χ0n) is 11.7. The van der Waals surface area contributed by atoms with E-state index in [1.54, 1.807) is 37.3 Å². The van der Waals surface area contributed by atoms with Gasteiger partial charge in [0.15, 0.2) is 0 Å². The minimum absolute atomic E-state index is 0.0643. The largest absolute Gasteiger partial charge is 0.435 e. The van der Waals surface area contributed by atoms with Crippen molar-refractivity contribution in [1.82, 2.24) is 5.32 Å². The van der Waals surface area contributed by atoms with Crippen LogP contribution in [0.1, 0.15) is 28.9 Å². The van der Waals surface area contributed by atoms with Crippen molar-refractivity contribution in [2.24, 2.45) is 0 Å². The lowest BCUT2D eigenvalue weighted by Crippen LogP contribution is -2.26. The molecule has 0 aliphatic heterocycles. The Balaban J connectivity index is 2.10. The smallest absolute Gasteiger partial charge is 0.387 e. The summed E-state index contributed by atoms with van der Waals surface area (Å²) < 4.78 is 29.5. The van der Waals surface area contributed by atoms with Gasteiger partial charge in [-0.25, -0.2) is 0 Å². The van der Waals surface area contributed by atoms with E-state index >= 15 is 0 Å². The van der Waals surface area contributed by atoms with Crippen LogP contribution in [0, 0.1) is 0 Å². The van der Waals surface area contributed by atoms with Crippen LogP contribution in [-0.2, 0) is 0 Å². The molecule has 1 amide bonds. The van der Waals surface area contributed by atoms with Gasteiger partial charge >= 0.3 is 6.61 Å². The van der Waals surface area contributed by atoms with Crippen molar-refractivity contribution in [1.29, 1.82) is 0 Å². The number of hydrogen-bond donors (Lipinski definition) is 1. The summed E-state index contributed by atoms with van der Waals surface area (Å²) in [5.74, 6) is -0.186. The van der Waals surface area contributed by atoms with Crippen LogP contribution >= 0.6 is 15.9 Å². The van der Waals surface area contributed by atoms with E-state index in [0.717, 1.165) is 0 Å². The van der Waals surface area contributed by atoms with Gasteiger partial charge in [-0.3, -0.25) is 4.79 Å². The molecule has 116 valence electrons. The number of carbonyl (C=O) groups excluding carboxylic acids is 1. The molecule has 1 atom stereocenters. The first kappa shape index (κ1) is 16.4. The Kier molecular flexibility index (Phi) is 5.49. The van der Waals surface area contributed by atoms with E-state index in [1.165, 1.54) is 12.1 Å². The molecule has 1 N–H and O–H groups in total. The Labute approximate surface area is 135 Å². The second kappa shape index (κ2) is 7.35. The highest BCUT2D eigenvalue weighted by Crippen LogP contribution is 2.22. The molecule has 0 aliphatic rings. The number of hydrogen-bond acceptors (Lipinski definition) is 2. The van der Waals surface area contributed by atoms with E-state index in [0.29, 0.717) is 15.6 Å². The summed E-state index contributed by atoms with van der Waals surface area (Å²) in [5.41, 5.74) is 1.19. The molecule has 6 heteroatoms. The molecule has 0 fully saturated rings. The molecular weight excluding hydrogens is 356 g/mol. The van der Waals surface area contributed by atoms with Crippen molar-refractivity contribution in [3.05, 3.63) is 64.1 Å². The first-order valence-electron chi connectivity index (χ1n) is 6.57. The number of benzene rings is 2. The van der Waals surface area contributed by atoms with Gasteiger partial charge in [0.25, 0.3) is 5.91 Å². The number of carbonyl (C=O) groups is 1. The topological polar surface area (TPSA) is 38.3 Å². The molecule has 0 aromatic heterocycles. The maximum atomic E-state index is 12.2. The summed E-state index contributed by atoms with van der Waals surface area (Å²) >= 11 is 3.32. The van der Waals surface area contributed by atoms with E-state index in [4.69, 9.17) is 0 Å². The van der Waals surface area contributed by atoms with Gasteiger partial charge in [-0.2, -0.15) is 8.78 Å². The molecule has 22 heavy (non-hydrogen) atoms. The zero-order valence-corrected chi connectivity index (χ0v) is 13.3. The molecule has 0 aliphatic carbocycles. The van der Waals surface area contributed by atoms with Crippen molar-refractivity contribution < 1.29 is 18.3 Å². The summed E-state index contributed by atoms with van der Waals surface area (Å²) in [5, 5.41) is 2.82.